The molecule has 1 aromatic carbocycles. The molecule has 0 atom stereocenters. The van der Waals surface area contributed by atoms with Crippen LogP contribution in [-0.4, -0.2) is 57.9 Å². The predicted molar refractivity (Wildman–Crippen MR) is 93.9 cm³/mol. The largest absolute Gasteiger partial charge is 0.317 e. The third-order valence-corrected chi connectivity index (χ3v) is 6.23. The van der Waals surface area contributed by atoms with Gasteiger partial charge >= 0.3 is 0 Å². The molecule has 0 radical (unpaired) electrons. The van der Waals surface area contributed by atoms with E-state index in [2.05, 4.69) is 17.1 Å². The number of benzene rings is 1. The Labute approximate surface area is 140 Å². The number of nitrogens with zero attached hydrogens (tertiary/aromatic N) is 2. The molecule has 1 heterocycles. The van der Waals surface area contributed by atoms with E-state index in [1.807, 2.05) is 26.2 Å². The van der Waals surface area contributed by atoms with Gasteiger partial charge in [0.05, 0.1) is 4.90 Å². The van der Waals surface area contributed by atoms with Gasteiger partial charge in [0.25, 0.3) is 0 Å². The molecule has 23 heavy (non-hydrogen) atoms. The van der Waals surface area contributed by atoms with Crippen LogP contribution in [0.2, 0.25) is 0 Å². The molecule has 1 aliphatic rings. The highest BCUT2D eigenvalue weighted by Crippen LogP contribution is 2.23. The first-order valence-corrected chi connectivity index (χ1v) is 9.82. The van der Waals surface area contributed by atoms with Gasteiger partial charge in [-0.3, -0.25) is 0 Å². The lowest BCUT2D eigenvalue weighted by Gasteiger charge is -2.31. The molecular weight excluding hydrogens is 310 g/mol. The Morgan fingerprint density at radius 1 is 1.17 bits per heavy atom. The molecule has 0 unspecified atom stereocenters. The van der Waals surface area contributed by atoms with Gasteiger partial charge in [0, 0.05) is 19.6 Å². The molecule has 2 rings (SSSR count). The molecule has 0 spiro atoms. The summed E-state index contributed by atoms with van der Waals surface area (Å²) in [5, 5.41) is 3.35. The summed E-state index contributed by atoms with van der Waals surface area (Å²) in [4.78, 5) is 2.48. The molecule has 1 N–H and O–H groups in total. The molecule has 1 aromatic rings. The van der Waals surface area contributed by atoms with Crippen LogP contribution >= 0.6 is 0 Å². The van der Waals surface area contributed by atoms with Crippen molar-refractivity contribution in [2.45, 2.75) is 31.2 Å². The first-order chi connectivity index (χ1) is 10.9. The second-order valence-electron chi connectivity index (χ2n) is 6.54. The first-order valence-electron chi connectivity index (χ1n) is 8.38. The fraction of sp³-hybridized carbons (Fsp3) is 0.647. The van der Waals surface area contributed by atoms with Crippen molar-refractivity contribution in [1.82, 2.24) is 14.5 Å². The first kappa shape index (κ1) is 18.4. The quantitative estimate of drug-likeness (QED) is 0.822. The average Bonchev–Trinajstić information content (AvgIpc) is 2.53. The SMILES string of the molecule is CCNCC1CCN(S(=O)(=O)c2ccc(CN(C)C)cc2)CC1. The Hall–Kier alpha value is -0.950. The van der Waals surface area contributed by atoms with E-state index < -0.39 is 10.0 Å². The van der Waals surface area contributed by atoms with Crippen molar-refractivity contribution in [2.24, 2.45) is 5.92 Å². The third kappa shape index (κ3) is 5.01. The average molecular weight is 340 g/mol. The van der Waals surface area contributed by atoms with Crippen molar-refractivity contribution in [3.8, 4) is 0 Å². The van der Waals surface area contributed by atoms with Gasteiger partial charge in [-0.15, -0.1) is 0 Å². The van der Waals surface area contributed by atoms with Gasteiger partial charge in [0.15, 0.2) is 0 Å². The molecule has 130 valence electrons. The molecule has 6 heteroatoms. The van der Waals surface area contributed by atoms with Crippen LogP contribution in [0.3, 0.4) is 0 Å². The molecule has 1 saturated heterocycles. The smallest absolute Gasteiger partial charge is 0.243 e. The van der Waals surface area contributed by atoms with Crippen molar-refractivity contribution in [2.75, 3.05) is 40.3 Å². The van der Waals surface area contributed by atoms with Gasteiger partial charge in [0.1, 0.15) is 0 Å². The third-order valence-electron chi connectivity index (χ3n) is 4.32. The highest BCUT2D eigenvalue weighted by atomic mass is 32.2. The van der Waals surface area contributed by atoms with Crippen LogP contribution in [0.15, 0.2) is 29.2 Å². The minimum atomic E-state index is -3.35. The summed E-state index contributed by atoms with van der Waals surface area (Å²) in [6, 6.07) is 7.29. The molecule has 0 aromatic heterocycles. The summed E-state index contributed by atoms with van der Waals surface area (Å²) >= 11 is 0. The molecule has 1 aliphatic heterocycles. The number of rotatable bonds is 7. The van der Waals surface area contributed by atoms with Gasteiger partial charge in [-0.25, -0.2) is 8.42 Å². The van der Waals surface area contributed by atoms with E-state index >= 15 is 0 Å². The maximum absolute atomic E-state index is 12.7. The Kier molecular flexibility index (Phi) is 6.59. The van der Waals surface area contributed by atoms with Crippen LogP contribution in [0.4, 0.5) is 0 Å². The van der Waals surface area contributed by atoms with Crippen LogP contribution in [0.5, 0.6) is 0 Å². The monoisotopic (exact) mass is 339 g/mol. The summed E-state index contributed by atoms with van der Waals surface area (Å²) in [7, 11) is 0.652. The van der Waals surface area contributed by atoms with E-state index in [4.69, 9.17) is 0 Å². The van der Waals surface area contributed by atoms with Gasteiger partial charge < -0.3 is 10.2 Å². The number of piperidine rings is 1. The van der Waals surface area contributed by atoms with Gasteiger partial charge in [-0.2, -0.15) is 4.31 Å². The lowest BCUT2D eigenvalue weighted by Crippen LogP contribution is -2.40. The molecule has 0 aliphatic carbocycles. The summed E-state index contributed by atoms with van der Waals surface area (Å²) in [6.07, 6.45) is 1.87. The molecule has 5 nitrogen and oxygen atoms in total. The lowest BCUT2D eigenvalue weighted by atomic mass is 9.98. The fourth-order valence-electron chi connectivity index (χ4n) is 2.98. The number of hydrogen-bond acceptors (Lipinski definition) is 4. The van der Waals surface area contributed by atoms with Crippen LogP contribution in [0.25, 0.3) is 0 Å². The maximum Gasteiger partial charge on any atom is 0.243 e. The highest BCUT2D eigenvalue weighted by molar-refractivity contribution is 7.89. The minimum Gasteiger partial charge on any atom is -0.317 e. The molecular formula is C17H29N3O2S. The van der Waals surface area contributed by atoms with E-state index in [1.54, 1.807) is 16.4 Å². The van der Waals surface area contributed by atoms with Crippen molar-refractivity contribution < 1.29 is 8.42 Å². The van der Waals surface area contributed by atoms with Crippen LogP contribution in [-0.2, 0) is 16.6 Å². The zero-order valence-electron chi connectivity index (χ0n) is 14.5. The minimum absolute atomic E-state index is 0.408. The van der Waals surface area contributed by atoms with E-state index in [9.17, 15) is 8.42 Å². The number of hydrogen-bond donors (Lipinski definition) is 1. The molecule has 0 amide bonds. The predicted octanol–water partition coefficient (Wildman–Crippen LogP) is 1.76. The topological polar surface area (TPSA) is 52.7 Å². The maximum atomic E-state index is 12.7. The van der Waals surface area contributed by atoms with Crippen LogP contribution in [0.1, 0.15) is 25.3 Å². The Bertz CT molecular complexity index is 576. The number of sulfonamides is 1. The molecule has 1 fully saturated rings. The van der Waals surface area contributed by atoms with Crippen molar-refractivity contribution in [1.29, 1.82) is 0 Å². The van der Waals surface area contributed by atoms with E-state index in [-0.39, 0.29) is 0 Å². The summed E-state index contributed by atoms with van der Waals surface area (Å²) in [6.45, 7) is 6.12. The Balaban J connectivity index is 1.99. The zero-order valence-corrected chi connectivity index (χ0v) is 15.3. The fourth-order valence-corrected chi connectivity index (χ4v) is 4.45. The van der Waals surface area contributed by atoms with E-state index in [0.29, 0.717) is 23.9 Å². The second-order valence-corrected chi connectivity index (χ2v) is 8.47. The van der Waals surface area contributed by atoms with Crippen molar-refractivity contribution in [3.63, 3.8) is 0 Å². The van der Waals surface area contributed by atoms with Gasteiger partial charge in [-0.1, -0.05) is 19.1 Å². The molecule has 0 saturated carbocycles. The highest BCUT2D eigenvalue weighted by Gasteiger charge is 2.29. The Morgan fingerprint density at radius 2 is 1.78 bits per heavy atom. The lowest BCUT2D eigenvalue weighted by molar-refractivity contribution is 0.268. The van der Waals surface area contributed by atoms with Crippen molar-refractivity contribution in [3.05, 3.63) is 29.8 Å². The van der Waals surface area contributed by atoms with Gasteiger partial charge in [-0.05, 0) is 63.6 Å². The van der Waals surface area contributed by atoms with E-state index in [1.165, 1.54) is 0 Å². The normalized spacial score (nSPS) is 17.7. The Morgan fingerprint density at radius 3 is 2.30 bits per heavy atom. The van der Waals surface area contributed by atoms with Gasteiger partial charge in [0.2, 0.25) is 10.0 Å². The van der Waals surface area contributed by atoms with Crippen molar-refractivity contribution >= 4 is 10.0 Å². The van der Waals surface area contributed by atoms with Crippen LogP contribution in [0, 0.1) is 5.92 Å². The standard InChI is InChI=1S/C17H29N3O2S/c1-4-18-13-15-9-11-20(12-10-15)23(21,22)17-7-5-16(6-8-17)14-19(2)3/h5-8,15,18H,4,9-14H2,1-3H3. The zero-order chi connectivity index (χ0) is 16.9. The molecule has 0 bridgehead atoms. The summed E-state index contributed by atoms with van der Waals surface area (Å²) < 4.78 is 27.1. The number of nitrogens with one attached hydrogen (secondary N) is 1. The van der Waals surface area contributed by atoms with E-state index in [0.717, 1.165) is 38.0 Å². The summed E-state index contributed by atoms with van der Waals surface area (Å²) in [5.74, 6) is 0.587. The summed E-state index contributed by atoms with van der Waals surface area (Å²) in [5.41, 5.74) is 1.12. The van der Waals surface area contributed by atoms with Crippen LogP contribution < -0.4 is 5.32 Å². The second kappa shape index (κ2) is 8.24.